The predicted octanol–water partition coefficient (Wildman–Crippen LogP) is -1.38. The Morgan fingerprint density at radius 1 is 1.09 bits per heavy atom. The molecule has 15 nitrogen and oxygen atoms in total. The van der Waals surface area contributed by atoms with Crippen LogP contribution in [0.3, 0.4) is 0 Å². The number of phenolic OH excluding ortho intramolecular Hbond substituents is 1. The van der Waals surface area contributed by atoms with Gasteiger partial charge in [0.2, 0.25) is 16.3 Å². The molecule has 0 aliphatic heterocycles. The highest BCUT2D eigenvalue weighted by molar-refractivity contribution is 9.10. The zero-order chi connectivity index (χ0) is 33.5. The molecule has 2 aromatic heterocycles. The molecule has 236 valence electrons. The molecule has 4 aliphatic rings. The molecular formula is C31H20BrN5O10. The number of nitrogens with zero attached hydrogens (tertiary/aromatic N) is 3. The summed E-state index contributed by atoms with van der Waals surface area (Å²) in [6, 6.07) is 2.24. The van der Waals surface area contributed by atoms with Crippen LogP contribution in [0.4, 0.5) is 0 Å². The number of hydrazone groups is 1. The fourth-order valence-corrected chi connectivity index (χ4v) is 7.35. The van der Waals surface area contributed by atoms with E-state index in [4.69, 9.17) is 4.74 Å². The summed E-state index contributed by atoms with van der Waals surface area (Å²) in [6.07, 6.45) is 5.69. The van der Waals surface area contributed by atoms with Crippen molar-refractivity contribution >= 4 is 50.3 Å². The number of nitrogens with one attached hydrogen (secondary N) is 2. The molecule has 7 rings (SSSR count). The third-order valence-corrected chi connectivity index (χ3v) is 9.56. The van der Waals surface area contributed by atoms with Crippen LogP contribution < -0.4 is 47.9 Å². The van der Waals surface area contributed by atoms with Crippen LogP contribution in [0, 0.1) is 10.4 Å². The molecule has 0 bridgehead atoms. The first kappa shape index (κ1) is 29.8. The number of H-pyrrole nitrogens is 1. The Hall–Kier alpha value is -5.90. The second kappa shape index (κ2) is 10.3. The second-order valence-corrected chi connectivity index (χ2v) is 11.8. The summed E-state index contributed by atoms with van der Waals surface area (Å²) in [7, 11) is 1.11. The minimum Gasteiger partial charge on any atom is -0.510 e. The number of hydrogen-bond acceptors (Lipinski definition) is 12. The highest BCUT2D eigenvalue weighted by atomic mass is 79.9. The van der Waals surface area contributed by atoms with Gasteiger partial charge in [-0.1, -0.05) is 0 Å². The minimum absolute atomic E-state index is 0.0432. The summed E-state index contributed by atoms with van der Waals surface area (Å²) in [4.78, 5) is 85.0. The molecule has 0 radical (unpaired) electrons. The number of aromatic nitrogens is 3. The molecule has 47 heavy (non-hydrogen) atoms. The van der Waals surface area contributed by atoms with Gasteiger partial charge in [-0.2, -0.15) is 5.10 Å². The number of ether oxygens (including phenoxy) is 1. The molecule has 0 unspecified atom stereocenters. The maximum Gasteiger partial charge on any atom is 0.260 e. The standard InChI is InChI=1S/C31H20BrN5O10/c1-47-15-7-14(38)18-19(24(15)40)26(42)21-20(25(18)41)28(44)31(29(21)45)3-2-12-22(31)27(43)17-13(23(12)32)6-11(35-30(17)46)8-34-36-16(39)9-37-5-4-33-10-37/h4-8,10,43-45H,2-3,9H2,1H3,(H,35,46)(H,36,39)/b34-8+/t31-/m0/s1. The lowest BCUT2D eigenvalue weighted by Crippen LogP contribution is -2.51. The highest BCUT2D eigenvalue weighted by Crippen LogP contribution is 2.56. The Balaban J connectivity index is 1.42. The van der Waals surface area contributed by atoms with Gasteiger partial charge in [0.1, 0.15) is 29.2 Å². The Bertz CT molecular complexity index is 2750. The number of benzene rings is 1. The summed E-state index contributed by atoms with van der Waals surface area (Å²) < 4.78 is 6.73. The van der Waals surface area contributed by atoms with Crippen molar-refractivity contribution in [2.75, 3.05) is 7.11 Å². The molecule has 1 spiro atoms. The minimum atomic E-state index is -2.05. The molecule has 3 aromatic rings. The van der Waals surface area contributed by atoms with Gasteiger partial charge < -0.3 is 29.6 Å². The molecule has 0 saturated heterocycles. The Labute approximate surface area is 267 Å². The van der Waals surface area contributed by atoms with Crippen molar-refractivity contribution in [1.82, 2.24) is 20.0 Å². The first-order valence-corrected chi connectivity index (χ1v) is 14.7. The molecule has 2 heterocycles. The number of pyridine rings is 1. The average molecular weight is 702 g/mol. The first-order chi connectivity index (χ1) is 22.4. The molecule has 1 aromatic carbocycles. The third kappa shape index (κ3) is 3.97. The number of carbonyl (C=O) groups excluding carboxylic acids is 1. The van der Waals surface area contributed by atoms with Crippen LogP contribution in [-0.2, 0) is 23.2 Å². The first-order valence-electron chi connectivity index (χ1n) is 13.9. The maximum atomic E-state index is 13.7. The summed E-state index contributed by atoms with van der Waals surface area (Å²) in [5.41, 5.74) is -4.47. The number of aromatic amines is 1. The van der Waals surface area contributed by atoms with Crippen molar-refractivity contribution in [3.8, 4) is 11.5 Å². The number of amides is 1. The van der Waals surface area contributed by atoms with Gasteiger partial charge >= 0.3 is 0 Å². The van der Waals surface area contributed by atoms with Crippen LogP contribution in [-0.4, -0.2) is 49.1 Å². The van der Waals surface area contributed by atoms with Crippen molar-refractivity contribution in [3.63, 3.8) is 0 Å². The normalized spacial score (nSPS) is 16.9. The molecule has 0 saturated carbocycles. The summed E-state index contributed by atoms with van der Waals surface area (Å²) in [6.45, 7) is -0.0432. The van der Waals surface area contributed by atoms with Crippen LogP contribution in [0.25, 0.3) is 22.3 Å². The van der Waals surface area contributed by atoms with Crippen LogP contribution in [0.2, 0.25) is 0 Å². The number of aliphatic hydroxyl groups is 2. The number of aliphatic hydroxyl groups excluding tert-OH is 2. The molecule has 1 atom stereocenters. The SMILES string of the molecule is COc1cc(=O)c2c(=O)c3c(c(=O)c=2c1=O)=C(O)[C@]1(CCc2c1c(O)c1c(=O)[nH]c(/C=N/NC(=O)Cn4ccnc4)cc1c2Br)C=3O. The van der Waals surface area contributed by atoms with E-state index < -0.39 is 82.5 Å². The molecule has 16 heteroatoms. The molecule has 0 fully saturated rings. The van der Waals surface area contributed by atoms with E-state index in [9.17, 15) is 44.1 Å². The van der Waals surface area contributed by atoms with E-state index >= 15 is 0 Å². The topological polar surface area (TPSA) is 230 Å². The molecule has 4 aliphatic carbocycles. The van der Waals surface area contributed by atoms with Gasteiger partial charge in [0.15, 0.2) is 11.2 Å². The Morgan fingerprint density at radius 2 is 1.79 bits per heavy atom. The number of phenols is 1. The summed E-state index contributed by atoms with van der Waals surface area (Å²) in [5.74, 6) is -3.18. The average Bonchev–Trinajstić information content (AvgIpc) is 3.75. The van der Waals surface area contributed by atoms with Gasteiger partial charge in [0, 0.05) is 33.9 Å². The quantitative estimate of drug-likeness (QED) is 0.106. The van der Waals surface area contributed by atoms with E-state index in [1.807, 2.05) is 0 Å². The number of fused-ring (bicyclic) bond motifs is 4. The van der Waals surface area contributed by atoms with E-state index in [0.29, 0.717) is 10.0 Å². The predicted molar refractivity (Wildman–Crippen MR) is 169 cm³/mol. The summed E-state index contributed by atoms with van der Waals surface area (Å²) >= 11 is 3.48. The monoisotopic (exact) mass is 701 g/mol. The molecule has 1 amide bonds. The number of hydrogen-bond donors (Lipinski definition) is 5. The van der Waals surface area contributed by atoms with Gasteiger partial charge in [-0.05, 0) is 40.4 Å². The number of methoxy groups -OCH3 is 1. The van der Waals surface area contributed by atoms with Crippen molar-refractivity contribution in [3.05, 3.63) is 124 Å². The summed E-state index contributed by atoms with van der Waals surface area (Å²) in [5, 5.41) is 35.8. The molecular weight excluding hydrogens is 682 g/mol. The number of carbonyl (C=O) groups is 1. The van der Waals surface area contributed by atoms with Crippen LogP contribution in [0.15, 0.2) is 64.4 Å². The maximum absolute atomic E-state index is 13.7. The highest BCUT2D eigenvalue weighted by Gasteiger charge is 2.53. The number of rotatable bonds is 5. The Morgan fingerprint density at radius 3 is 2.45 bits per heavy atom. The van der Waals surface area contributed by atoms with Crippen molar-refractivity contribution in [2.24, 2.45) is 5.10 Å². The van der Waals surface area contributed by atoms with Crippen LogP contribution in [0.5, 0.6) is 11.5 Å². The van der Waals surface area contributed by atoms with Gasteiger partial charge in [-0.25, -0.2) is 10.4 Å². The Kier molecular flexibility index (Phi) is 6.54. The van der Waals surface area contributed by atoms with Gasteiger partial charge in [0.25, 0.3) is 11.5 Å². The van der Waals surface area contributed by atoms with E-state index in [2.05, 4.69) is 36.4 Å². The zero-order valence-electron chi connectivity index (χ0n) is 24.0. The van der Waals surface area contributed by atoms with E-state index in [1.54, 1.807) is 6.20 Å². The third-order valence-electron chi connectivity index (χ3n) is 8.66. The lowest BCUT2D eigenvalue weighted by molar-refractivity contribution is -0.121. The van der Waals surface area contributed by atoms with Gasteiger partial charge in [0.05, 0.1) is 51.6 Å². The number of imidazole rings is 1. The van der Waals surface area contributed by atoms with E-state index in [0.717, 1.165) is 13.2 Å². The fraction of sp³-hybridized carbons (Fsp3) is 0.161. The van der Waals surface area contributed by atoms with Crippen molar-refractivity contribution in [2.45, 2.75) is 24.8 Å². The number of aromatic hydroxyl groups is 1. The second-order valence-electron chi connectivity index (χ2n) is 11.1. The van der Waals surface area contributed by atoms with Gasteiger partial charge in [-0.15, -0.1) is 0 Å². The lowest BCUT2D eigenvalue weighted by atomic mass is 9.78. The van der Waals surface area contributed by atoms with Crippen LogP contribution in [0.1, 0.15) is 23.2 Å². The van der Waals surface area contributed by atoms with Crippen molar-refractivity contribution in [1.29, 1.82) is 0 Å². The van der Waals surface area contributed by atoms with Gasteiger partial charge in [-0.3, -0.25) is 28.8 Å². The largest absolute Gasteiger partial charge is 0.510 e. The van der Waals surface area contributed by atoms with E-state index in [1.165, 1.54) is 29.4 Å². The smallest absolute Gasteiger partial charge is 0.260 e. The fourth-order valence-electron chi connectivity index (χ4n) is 6.64. The zero-order valence-corrected chi connectivity index (χ0v) is 25.6. The lowest BCUT2D eigenvalue weighted by Gasteiger charge is -2.27. The van der Waals surface area contributed by atoms with Crippen LogP contribution >= 0.6 is 15.9 Å². The van der Waals surface area contributed by atoms with Crippen molar-refractivity contribution < 1.29 is 24.9 Å². The molecule has 5 N–H and O–H groups in total. The van der Waals surface area contributed by atoms with E-state index in [-0.39, 0.29) is 41.4 Å². The number of halogens is 1.